The van der Waals surface area contributed by atoms with E-state index in [1.54, 1.807) is 6.07 Å². The van der Waals surface area contributed by atoms with Crippen LogP contribution in [0.3, 0.4) is 0 Å². The Bertz CT molecular complexity index is 289. The first-order valence-corrected chi connectivity index (χ1v) is 5.26. The Balaban J connectivity index is 2.39. The van der Waals surface area contributed by atoms with Gasteiger partial charge in [0.1, 0.15) is 5.82 Å². The molecule has 0 fully saturated rings. The molecule has 0 bridgehead atoms. The molecule has 0 aliphatic rings. The van der Waals surface area contributed by atoms with E-state index < -0.39 is 0 Å². The molecule has 14 heavy (non-hydrogen) atoms. The van der Waals surface area contributed by atoms with Crippen molar-refractivity contribution >= 4 is 11.6 Å². The van der Waals surface area contributed by atoms with E-state index in [0.717, 1.165) is 18.5 Å². The Morgan fingerprint density at radius 1 is 1.43 bits per heavy atom. The molecule has 0 saturated carbocycles. The highest BCUT2D eigenvalue weighted by Gasteiger charge is 1.99. The predicted octanol–water partition coefficient (Wildman–Crippen LogP) is 3.37. The molecule has 1 nitrogen and oxygen atoms in total. The van der Waals surface area contributed by atoms with E-state index in [9.17, 15) is 4.39 Å². The molecule has 1 aromatic rings. The van der Waals surface area contributed by atoms with Crippen molar-refractivity contribution in [1.29, 1.82) is 0 Å². The minimum atomic E-state index is -0.346. The Labute approximate surface area is 89.3 Å². The summed E-state index contributed by atoms with van der Waals surface area (Å²) in [6.45, 7) is 3.82. The summed E-state index contributed by atoms with van der Waals surface area (Å²) in [5.41, 5.74) is 0.933. The summed E-state index contributed by atoms with van der Waals surface area (Å²) >= 11 is 5.57. The van der Waals surface area contributed by atoms with Gasteiger partial charge >= 0.3 is 0 Å². The zero-order valence-electron chi connectivity index (χ0n) is 8.32. The van der Waals surface area contributed by atoms with E-state index in [-0.39, 0.29) is 10.8 Å². The summed E-state index contributed by atoms with van der Waals surface area (Å²) in [4.78, 5) is 0. The summed E-state index contributed by atoms with van der Waals surface area (Å²) < 4.78 is 13.0. The van der Waals surface area contributed by atoms with E-state index in [1.165, 1.54) is 12.5 Å². The topological polar surface area (TPSA) is 12.0 Å². The summed E-state index contributed by atoms with van der Waals surface area (Å²) in [5, 5.41) is 3.42. The second-order valence-electron chi connectivity index (χ2n) is 3.28. The van der Waals surface area contributed by atoms with Gasteiger partial charge in [-0.25, -0.2) is 4.39 Å². The van der Waals surface area contributed by atoms with E-state index in [2.05, 4.69) is 12.2 Å². The second-order valence-corrected chi connectivity index (χ2v) is 3.69. The fourth-order valence-corrected chi connectivity index (χ4v) is 1.30. The van der Waals surface area contributed by atoms with Crippen LogP contribution in [-0.2, 0) is 6.54 Å². The van der Waals surface area contributed by atoms with Gasteiger partial charge in [-0.15, -0.1) is 0 Å². The lowest BCUT2D eigenvalue weighted by atomic mass is 10.2. The minimum Gasteiger partial charge on any atom is -0.313 e. The summed E-state index contributed by atoms with van der Waals surface area (Å²) in [6, 6.07) is 4.90. The van der Waals surface area contributed by atoms with Crippen LogP contribution in [-0.4, -0.2) is 6.54 Å². The van der Waals surface area contributed by atoms with Crippen molar-refractivity contribution in [1.82, 2.24) is 5.32 Å². The first kappa shape index (κ1) is 11.5. The van der Waals surface area contributed by atoms with Gasteiger partial charge in [0.15, 0.2) is 0 Å². The minimum absolute atomic E-state index is 0.183. The summed E-state index contributed by atoms with van der Waals surface area (Å²) in [6.07, 6.45) is 2.32. The van der Waals surface area contributed by atoms with Crippen LogP contribution in [0.5, 0.6) is 0 Å². The third-order valence-electron chi connectivity index (χ3n) is 2.02. The van der Waals surface area contributed by atoms with Crippen LogP contribution in [0, 0.1) is 5.82 Å². The van der Waals surface area contributed by atoms with E-state index in [1.807, 2.05) is 6.07 Å². The highest BCUT2D eigenvalue weighted by molar-refractivity contribution is 6.30. The molecule has 1 aromatic carbocycles. The molecule has 0 aliphatic carbocycles. The molecular formula is C11H15ClFN. The molecule has 0 spiro atoms. The Kier molecular flexibility index (Phi) is 4.91. The van der Waals surface area contributed by atoms with Crippen molar-refractivity contribution in [2.75, 3.05) is 6.54 Å². The van der Waals surface area contributed by atoms with Gasteiger partial charge in [-0.3, -0.25) is 0 Å². The molecule has 0 amide bonds. The van der Waals surface area contributed by atoms with Crippen molar-refractivity contribution in [2.24, 2.45) is 0 Å². The van der Waals surface area contributed by atoms with Crippen LogP contribution in [0.1, 0.15) is 25.3 Å². The van der Waals surface area contributed by atoms with Crippen molar-refractivity contribution in [2.45, 2.75) is 26.3 Å². The van der Waals surface area contributed by atoms with Gasteiger partial charge in [-0.1, -0.05) is 31.0 Å². The fourth-order valence-electron chi connectivity index (χ4n) is 1.18. The average Bonchev–Trinajstić information content (AvgIpc) is 2.18. The normalized spacial score (nSPS) is 10.5. The Hall–Kier alpha value is -0.600. The van der Waals surface area contributed by atoms with Crippen molar-refractivity contribution in [3.63, 3.8) is 0 Å². The lowest BCUT2D eigenvalue weighted by molar-refractivity contribution is 0.614. The number of halogens is 2. The number of rotatable bonds is 5. The van der Waals surface area contributed by atoms with E-state index in [0.29, 0.717) is 6.54 Å². The van der Waals surface area contributed by atoms with Crippen LogP contribution in [0.2, 0.25) is 5.02 Å². The molecule has 0 atom stereocenters. The summed E-state index contributed by atoms with van der Waals surface area (Å²) in [7, 11) is 0. The largest absolute Gasteiger partial charge is 0.313 e. The molecule has 1 rings (SSSR count). The van der Waals surface area contributed by atoms with Gasteiger partial charge < -0.3 is 5.32 Å². The maximum atomic E-state index is 13.0. The lowest BCUT2D eigenvalue weighted by Crippen LogP contribution is -2.14. The summed E-state index contributed by atoms with van der Waals surface area (Å²) in [5.74, 6) is -0.346. The molecule has 78 valence electrons. The maximum Gasteiger partial charge on any atom is 0.142 e. The highest BCUT2D eigenvalue weighted by Crippen LogP contribution is 2.15. The molecule has 1 N–H and O–H groups in total. The van der Waals surface area contributed by atoms with Gasteiger partial charge in [-0.2, -0.15) is 0 Å². The molecule has 0 radical (unpaired) electrons. The van der Waals surface area contributed by atoms with Gasteiger partial charge in [0, 0.05) is 6.54 Å². The van der Waals surface area contributed by atoms with Crippen LogP contribution in [0.4, 0.5) is 4.39 Å². The van der Waals surface area contributed by atoms with Gasteiger partial charge in [0.2, 0.25) is 0 Å². The molecule has 3 heteroatoms. The molecule has 0 aromatic heterocycles. The molecule has 0 heterocycles. The average molecular weight is 216 g/mol. The van der Waals surface area contributed by atoms with Crippen LogP contribution in [0.25, 0.3) is 0 Å². The monoisotopic (exact) mass is 215 g/mol. The van der Waals surface area contributed by atoms with E-state index in [4.69, 9.17) is 11.6 Å². The number of hydrogen-bond acceptors (Lipinski definition) is 1. The molecule has 0 unspecified atom stereocenters. The van der Waals surface area contributed by atoms with Gasteiger partial charge in [-0.05, 0) is 30.7 Å². The third-order valence-corrected chi connectivity index (χ3v) is 2.33. The van der Waals surface area contributed by atoms with Crippen molar-refractivity contribution < 1.29 is 4.39 Å². The second kappa shape index (κ2) is 5.99. The van der Waals surface area contributed by atoms with Crippen molar-refractivity contribution in [3.8, 4) is 0 Å². The van der Waals surface area contributed by atoms with Gasteiger partial charge in [0.25, 0.3) is 0 Å². The van der Waals surface area contributed by atoms with Crippen molar-refractivity contribution in [3.05, 3.63) is 34.6 Å². The zero-order chi connectivity index (χ0) is 10.4. The highest BCUT2D eigenvalue weighted by atomic mass is 35.5. The van der Waals surface area contributed by atoms with Crippen LogP contribution in [0.15, 0.2) is 18.2 Å². The SMILES string of the molecule is CCCCNCc1ccc(Cl)c(F)c1. The first-order valence-electron chi connectivity index (χ1n) is 4.88. The standard InChI is InChI=1S/C11H15ClFN/c1-2-3-6-14-8-9-4-5-10(12)11(13)7-9/h4-5,7,14H,2-3,6,8H2,1H3. The molecule has 0 saturated heterocycles. The van der Waals surface area contributed by atoms with Crippen LogP contribution >= 0.6 is 11.6 Å². The number of unbranched alkanes of at least 4 members (excludes halogenated alkanes) is 1. The fraction of sp³-hybridized carbons (Fsp3) is 0.455. The number of benzene rings is 1. The molecule has 0 aliphatic heterocycles. The first-order chi connectivity index (χ1) is 6.74. The smallest absolute Gasteiger partial charge is 0.142 e. The Morgan fingerprint density at radius 2 is 2.21 bits per heavy atom. The third kappa shape index (κ3) is 3.64. The predicted molar refractivity (Wildman–Crippen MR) is 58.0 cm³/mol. The number of nitrogens with one attached hydrogen (secondary N) is 1. The molecular weight excluding hydrogens is 201 g/mol. The maximum absolute atomic E-state index is 13.0. The number of hydrogen-bond donors (Lipinski definition) is 1. The Morgan fingerprint density at radius 3 is 2.86 bits per heavy atom. The zero-order valence-corrected chi connectivity index (χ0v) is 9.07. The van der Waals surface area contributed by atoms with E-state index >= 15 is 0 Å². The quantitative estimate of drug-likeness (QED) is 0.743. The van der Waals surface area contributed by atoms with Gasteiger partial charge in [0.05, 0.1) is 5.02 Å². The van der Waals surface area contributed by atoms with Crippen LogP contribution < -0.4 is 5.32 Å². The lowest BCUT2D eigenvalue weighted by Gasteiger charge is -2.04.